The summed E-state index contributed by atoms with van der Waals surface area (Å²) < 4.78 is 63.8. The summed E-state index contributed by atoms with van der Waals surface area (Å²) in [6.07, 6.45) is 9.30. The van der Waals surface area contributed by atoms with Crippen LogP contribution in [0.1, 0.15) is 50.0 Å². The number of imide groups is 1. The van der Waals surface area contributed by atoms with Gasteiger partial charge in [-0.3, -0.25) is 29.5 Å². The van der Waals surface area contributed by atoms with Crippen molar-refractivity contribution in [2.45, 2.75) is 44.4 Å². The molecule has 0 radical (unpaired) electrons. The molecule has 9 rings (SSSR count). The van der Waals surface area contributed by atoms with E-state index in [1.54, 1.807) is 42.9 Å². The van der Waals surface area contributed by atoms with Crippen LogP contribution in [0.25, 0.3) is 28.1 Å². The third kappa shape index (κ3) is 8.91. The predicted octanol–water partition coefficient (Wildman–Crippen LogP) is 6.84. The number of carbonyl (C=O) groups is 2. The number of rotatable bonds is 11. The molecule has 1 atom stereocenters. The first kappa shape index (κ1) is 41.9. The summed E-state index contributed by atoms with van der Waals surface area (Å²) in [4.78, 5) is 34.9. The number of halogens is 3. The molecule has 0 aliphatic carbocycles. The quantitative estimate of drug-likeness (QED) is 0.137. The topological polar surface area (TPSA) is 136 Å². The highest BCUT2D eigenvalue weighted by Crippen LogP contribution is 2.39. The van der Waals surface area contributed by atoms with Crippen LogP contribution < -0.4 is 19.8 Å². The van der Waals surface area contributed by atoms with Crippen molar-refractivity contribution in [2.24, 2.45) is 5.92 Å². The lowest BCUT2D eigenvalue weighted by Crippen LogP contribution is -2.49. The summed E-state index contributed by atoms with van der Waals surface area (Å²) in [5.74, 6) is -1.35. The number of nitrogens with one attached hydrogen (secondary N) is 2. The number of hydrogen-bond acceptors (Lipinski definition) is 9. The number of piperidine rings is 2. The molecule has 0 spiro atoms. The molecule has 6 heterocycles. The highest BCUT2D eigenvalue weighted by atomic mass is 35.5. The standard InChI is InChI=1S/C45H48ClF2N9O4S/c46-33-25-37(43(48)40(26-33)52-62(60,61)56-17-1-2-18-56)38-29-57(51-44(38)32-11-15-49-16-12-32)35-7-9-41(39(47)27-35)55-23-21-53(22-24-55)28-30-13-19-54(20-14-30)34-5-3-31(4-6-34)36-8-10-42(58)50-45(36)59/h3-7,9,11-12,15-16,25-27,29-30,36,52H,1-2,8,10,13-14,17-24,28H2,(H,50,58,59)/t36-/m1/s1. The highest BCUT2D eigenvalue weighted by Gasteiger charge is 2.31. The molecule has 2 amide bonds. The minimum absolute atomic E-state index is 0.0357. The molecule has 4 fully saturated rings. The first-order valence-electron chi connectivity index (χ1n) is 21.2. The third-order valence-electron chi connectivity index (χ3n) is 12.6. The van der Waals surface area contributed by atoms with Crippen LogP contribution in [0.5, 0.6) is 0 Å². The normalized spacial score (nSPS) is 19.6. The van der Waals surface area contributed by atoms with Crippen molar-refractivity contribution >= 4 is 50.7 Å². The molecule has 62 heavy (non-hydrogen) atoms. The predicted molar refractivity (Wildman–Crippen MR) is 236 cm³/mol. The molecule has 17 heteroatoms. The van der Waals surface area contributed by atoms with E-state index in [0.717, 1.165) is 69.7 Å². The fourth-order valence-electron chi connectivity index (χ4n) is 9.15. The van der Waals surface area contributed by atoms with Gasteiger partial charge in [-0.05, 0) is 92.1 Å². The van der Waals surface area contributed by atoms with E-state index < -0.39 is 21.8 Å². The van der Waals surface area contributed by atoms with Gasteiger partial charge in [0, 0.05) is 117 Å². The van der Waals surface area contributed by atoms with E-state index in [4.69, 9.17) is 16.7 Å². The number of aromatic nitrogens is 3. The van der Waals surface area contributed by atoms with Gasteiger partial charge in [0.15, 0.2) is 5.82 Å². The van der Waals surface area contributed by atoms with Crippen molar-refractivity contribution < 1.29 is 26.8 Å². The van der Waals surface area contributed by atoms with E-state index in [9.17, 15) is 18.0 Å². The molecule has 0 unspecified atom stereocenters. The zero-order valence-electron chi connectivity index (χ0n) is 34.1. The van der Waals surface area contributed by atoms with E-state index in [-0.39, 0.29) is 34.0 Å². The Labute approximate surface area is 364 Å². The Hall–Kier alpha value is -5.42. The third-order valence-corrected chi connectivity index (χ3v) is 14.3. The van der Waals surface area contributed by atoms with E-state index in [0.29, 0.717) is 73.1 Å². The maximum absolute atomic E-state index is 16.4. The largest absolute Gasteiger partial charge is 0.372 e. The fraction of sp³-hybridized carbons (Fsp3) is 0.378. The lowest BCUT2D eigenvalue weighted by Gasteiger charge is -2.40. The monoisotopic (exact) mass is 883 g/mol. The molecule has 4 aliphatic rings. The maximum Gasteiger partial charge on any atom is 0.301 e. The minimum atomic E-state index is -4.00. The Bertz CT molecular complexity index is 2560. The number of carbonyl (C=O) groups excluding carboxylic acids is 2. The van der Waals surface area contributed by atoms with Crippen LogP contribution in [-0.2, 0) is 19.8 Å². The van der Waals surface area contributed by atoms with Gasteiger partial charge in [0.1, 0.15) is 11.5 Å². The number of pyridine rings is 1. The van der Waals surface area contributed by atoms with Crippen molar-refractivity contribution in [3.63, 3.8) is 0 Å². The molecular weight excluding hydrogens is 836 g/mol. The molecule has 3 aromatic carbocycles. The summed E-state index contributed by atoms with van der Waals surface area (Å²) in [6, 6.07) is 19.3. The average molecular weight is 884 g/mol. The van der Waals surface area contributed by atoms with Gasteiger partial charge in [0.2, 0.25) is 11.8 Å². The molecule has 2 aromatic heterocycles. The maximum atomic E-state index is 16.4. The summed E-state index contributed by atoms with van der Waals surface area (Å²) in [5.41, 5.74) is 4.13. The average Bonchev–Trinajstić information content (AvgIpc) is 3.99. The van der Waals surface area contributed by atoms with Gasteiger partial charge in [0.25, 0.3) is 0 Å². The summed E-state index contributed by atoms with van der Waals surface area (Å²) in [5, 5.41) is 7.36. The van der Waals surface area contributed by atoms with Gasteiger partial charge in [-0.1, -0.05) is 23.7 Å². The van der Waals surface area contributed by atoms with Gasteiger partial charge in [-0.25, -0.2) is 13.5 Å². The van der Waals surface area contributed by atoms with E-state index in [1.807, 2.05) is 12.1 Å². The molecule has 0 bridgehead atoms. The summed E-state index contributed by atoms with van der Waals surface area (Å²) in [7, 11) is -4.00. The van der Waals surface area contributed by atoms with E-state index >= 15 is 8.78 Å². The molecule has 2 N–H and O–H groups in total. The number of nitrogens with zero attached hydrogens (tertiary/aromatic N) is 7. The van der Waals surface area contributed by atoms with Crippen molar-refractivity contribution in [3.8, 4) is 28.1 Å². The molecule has 0 saturated carbocycles. The van der Waals surface area contributed by atoms with Crippen molar-refractivity contribution in [1.82, 2.24) is 29.3 Å². The van der Waals surface area contributed by atoms with Crippen LogP contribution in [0.2, 0.25) is 5.02 Å². The van der Waals surface area contributed by atoms with Crippen LogP contribution in [0.4, 0.5) is 25.8 Å². The van der Waals surface area contributed by atoms with Crippen molar-refractivity contribution in [1.29, 1.82) is 0 Å². The van der Waals surface area contributed by atoms with Crippen LogP contribution in [0.15, 0.2) is 85.3 Å². The highest BCUT2D eigenvalue weighted by molar-refractivity contribution is 7.90. The lowest BCUT2D eigenvalue weighted by molar-refractivity contribution is -0.134. The number of benzene rings is 3. The second kappa shape index (κ2) is 17.8. The van der Waals surface area contributed by atoms with Gasteiger partial charge in [0.05, 0.1) is 23.0 Å². The van der Waals surface area contributed by atoms with Crippen molar-refractivity contribution in [2.75, 3.05) is 73.4 Å². The number of anilines is 3. The molecule has 5 aromatic rings. The minimum Gasteiger partial charge on any atom is -0.372 e. The summed E-state index contributed by atoms with van der Waals surface area (Å²) >= 11 is 6.48. The Balaban J connectivity index is 0.840. The van der Waals surface area contributed by atoms with Crippen LogP contribution in [0.3, 0.4) is 0 Å². The molecule has 13 nitrogen and oxygen atoms in total. The summed E-state index contributed by atoms with van der Waals surface area (Å²) in [6.45, 7) is 6.63. The molecule has 4 saturated heterocycles. The molecular formula is C45H48ClF2N9O4S. The van der Waals surface area contributed by atoms with Gasteiger partial charge in [-0.2, -0.15) is 17.8 Å². The Morgan fingerprint density at radius 2 is 1.50 bits per heavy atom. The van der Waals surface area contributed by atoms with Crippen molar-refractivity contribution in [3.05, 3.63) is 108 Å². The Morgan fingerprint density at radius 1 is 0.790 bits per heavy atom. The van der Waals surface area contributed by atoms with Gasteiger partial charge in [-0.15, -0.1) is 0 Å². The first-order chi connectivity index (χ1) is 30.0. The van der Waals surface area contributed by atoms with E-state index in [2.05, 4.69) is 41.9 Å². The number of piperazine rings is 1. The molecule has 4 aliphatic heterocycles. The molecule has 324 valence electrons. The Kier molecular flexibility index (Phi) is 12.0. The van der Waals surface area contributed by atoms with E-state index in [1.165, 1.54) is 27.2 Å². The van der Waals surface area contributed by atoms with Crippen LogP contribution >= 0.6 is 11.6 Å². The zero-order chi connectivity index (χ0) is 43.0. The zero-order valence-corrected chi connectivity index (χ0v) is 35.7. The Morgan fingerprint density at radius 3 is 2.19 bits per heavy atom. The smallest absolute Gasteiger partial charge is 0.301 e. The van der Waals surface area contributed by atoms with Crippen LogP contribution in [0, 0.1) is 17.6 Å². The van der Waals surface area contributed by atoms with Crippen LogP contribution in [-0.4, -0.2) is 103 Å². The SMILES string of the molecule is O=C1CC[C@H](c2ccc(N3CCC(CN4CCN(c5ccc(-n6cc(-c7cc(Cl)cc(NS(=O)(=O)N8CCCC8)c7F)c(-c7ccncc7)n6)cc5F)CC4)CC3)cc2)C(=O)N1. The second-order valence-electron chi connectivity index (χ2n) is 16.5. The fourth-order valence-corrected chi connectivity index (χ4v) is 10.7. The second-order valence-corrected chi connectivity index (χ2v) is 18.7. The van der Waals surface area contributed by atoms with Gasteiger partial charge < -0.3 is 9.80 Å². The number of amides is 2. The number of hydrogen-bond donors (Lipinski definition) is 2. The first-order valence-corrected chi connectivity index (χ1v) is 23.0. The lowest BCUT2D eigenvalue weighted by atomic mass is 9.90. The van der Waals surface area contributed by atoms with Gasteiger partial charge >= 0.3 is 10.2 Å².